The molecule has 3 nitrogen and oxygen atoms in total. The van der Waals surface area contributed by atoms with Crippen molar-refractivity contribution >= 4 is 5.91 Å². The van der Waals surface area contributed by atoms with E-state index in [-0.39, 0.29) is 17.6 Å². The summed E-state index contributed by atoms with van der Waals surface area (Å²) >= 11 is 0. The highest BCUT2D eigenvalue weighted by atomic mass is 16.3. The lowest BCUT2D eigenvalue weighted by Crippen LogP contribution is -2.42. The van der Waals surface area contributed by atoms with E-state index in [0.717, 1.165) is 12.3 Å². The van der Waals surface area contributed by atoms with Crippen molar-refractivity contribution in [1.29, 1.82) is 0 Å². The summed E-state index contributed by atoms with van der Waals surface area (Å²) in [4.78, 5) is 14.2. The molecule has 1 aliphatic heterocycles. The molecule has 1 amide bonds. The van der Waals surface area contributed by atoms with Gasteiger partial charge in [0.1, 0.15) is 0 Å². The van der Waals surface area contributed by atoms with Gasteiger partial charge in [0.15, 0.2) is 0 Å². The van der Waals surface area contributed by atoms with Crippen LogP contribution < -0.4 is 0 Å². The Balaban J connectivity index is 1.80. The third kappa shape index (κ3) is 3.25. The first-order valence-corrected chi connectivity index (χ1v) is 7.47. The van der Waals surface area contributed by atoms with Gasteiger partial charge in [-0.15, -0.1) is 0 Å². The summed E-state index contributed by atoms with van der Waals surface area (Å²) in [5.41, 5.74) is -0.164. The van der Waals surface area contributed by atoms with E-state index >= 15 is 0 Å². The minimum Gasteiger partial charge on any atom is -0.391 e. The summed E-state index contributed by atoms with van der Waals surface area (Å²) in [6.07, 6.45) is 8.75. The van der Waals surface area contributed by atoms with E-state index < -0.39 is 0 Å². The fourth-order valence-corrected chi connectivity index (χ4v) is 3.59. The number of carbonyl (C=O) groups excluding carboxylic acids is 1. The van der Waals surface area contributed by atoms with Gasteiger partial charge in [0, 0.05) is 18.5 Å². The molecular weight excluding hydrogens is 226 g/mol. The first-order valence-electron chi connectivity index (χ1n) is 7.47. The molecule has 0 radical (unpaired) electrons. The summed E-state index contributed by atoms with van der Waals surface area (Å²) in [5, 5.41) is 9.71. The number of carbonyl (C=O) groups is 1. The number of nitrogens with zero attached hydrogens (tertiary/aromatic N) is 1. The molecule has 1 heterocycles. The summed E-state index contributed by atoms with van der Waals surface area (Å²) in [5.74, 6) is 1.00. The lowest BCUT2D eigenvalue weighted by atomic mass is 9.86. The van der Waals surface area contributed by atoms with Crippen molar-refractivity contribution in [3.63, 3.8) is 0 Å². The summed E-state index contributed by atoms with van der Waals surface area (Å²) in [6, 6.07) is 0. The predicted molar refractivity (Wildman–Crippen MR) is 72.2 cm³/mol. The van der Waals surface area contributed by atoms with Crippen molar-refractivity contribution in [3.8, 4) is 0 Å². The maximum absolute atomic E-state index is 12.3. The van der Waals surface area contributed by atoms with Gasteiger partial charge in [-0.2, -0.15) is 0 Å². The fourth-order valence-electron chi connectivity index (χ4n) is 3.59. The van der Waals surface area contributed by atoms with Gasteiger partial charge < -0.3 is 10.0 Å². The second-order valence-corrected chi connectivity index (χ2v) is 6.72. The Morgan fingerprint density at radius 3 is 2.50 bits per heavy atom. The van der Waals surface area contributed by atoms with Crippen LogP contribution in [0.25, 0.3) is 0 Å². The Bertz CT molecular complexity index is 295. The summed E-state index contributed by atoms with van der Waals surface area (Å²) in [6.45, 7) is 4.64. The van der Waals surface area contributed by atoms with E-state index in [1.54, 1.807) is 0 Å². The number of hydrogen-bond donors (Lipinski definition) is 1. The van der Waals surface area contributed by atoms with Crippen molar-refractivity contribution in [2.75, 3.05) is 6.54 Å². The minimum atomic E-state index is -0.335. The highest BCUT2D eigenvalue weighted by Gasteiger charge is 2.40. The molecule has 1 aliphatic carbocycles. The standard InChI is InChI=1S/C15H27NO2/c1-15(2)10-13(17)11-16(15)14(18)9-8-12-6-4-3-5-7-12/h12-13,17H,3-11H2,1-2H3. The van der Waals surface area contributed by atoms with Gasteiger partial charge in [-0.05, 0) is 32.6 Å². The predicted octanol–water partition coefficient (Wildman–Crippen LogP) is 2.72. The molecule has 3 heteroatoms. The lowest BCUT2D eigenvalue weighted by molar-refractivity contribution is -0.134. The van der Waals surface area contributed by atoms with E-state index in [0.29, 0.717) is 19.4 Å². The van der Waals surface area contributed by atoms with Gasteiger partial charge in [0.25, 0.3) is 0 Å². The van der Waals surface area contributed by atoms with Crippen LogP contribution in [0.4, 0.5) is 0 Å². The number of β-amino-alcohol motifs (C(OH)–C–C–N with tert-alkyl or cyclic N) is 1. The van der Waals surface area contributed by atoms with Gasteiger partial charge in [-0.1, -0.05) is 32.1 Å². The van der Waals surface area contributed by atoms with Gasteiger partial charge in [0.2, 0.25) is 5.91 Å². The molecule has 0 spiro atoms. The first kappa shape index (κ1) is 13.9. The first-order chi connectivity index (χ1) is 8.49. The van der Waals surface area contributed by atoms with Crippen LogP contribution in [-0.2, 0) is 4.79 Å². The molecule has 0 aromatic heterocycles. The topological polar surface area (TPSA) is 40.5 Å². The lowest BCUT2D eigenvalue weighted by Gasteiger charge is -2.32. The molecule has 18 heavy (non-hydrogen) atoms. The molecule has 1 saturated heterocycles. The number of rotatable bonds is 3. The van der Waals surface area contributed by atoms with Crippen LogP contribution in [-0.4, -0.2) is 34.1 Å². The van der Waals surface area contributed by atoms with Crippen molar-refractivity contribution in [2.24, 2.45) is 5.92 Å². The van der Waals surface area contributed by atoms with Crippen LogP contribution in [0.2, 0.25) is 0 Å². The van der Waals surface area contributed by atoms with Crippen molar-refractivity contribution in [3.05, 3.63) is 0 Å². The van der Waals surface area contributed by atoms with E-state index in [1.807, 2.05) is 4.90 Å². The summed E-state index contributed by atoms with van der Waals surface area (Å²) in [7, 11) is 0. The molecule has 2 aliphatic rings. The largest absolute Gasteiger partial charge is 0.391 e. The zero-order valence-corrected chi connectivity index (χ0v) is 11.8. The molecule has 1 saturated carbocycles. The molecule has 104 valence electrons. The Kier molecular flexibility index (Phi) is 4.31. The van der Waals surface area contributed by atoms with Gasteiger partial charge in [-0.3, -0.25) is 4.79 Å². The highest BCUT2D eigenvalue weighted by Crippen LogP contribution is 2.31. The maximum atomic E-state index is 12.3. The van der Waals surface area contributed by atoms with E-state index in [4.69, 9.17) is 0 Å². The Morgan fingerprint density at radius 1 is 1.28 bits per heavy atom. The van der Waals surface area contributed by atoms with Gasteiger partial charge in [-0.25, -0.2) is 0 Å². The molecule has 0 aromatic rings. The molecule has 2 fully saturated rings. The monoisotopic (exact) mass is 253 g/mol. The summed E-state index contributed by atoms with van der Waals surface area (Å²) < 4.78 is 0. The number of amides is 1. The molecular formula is C15H27NO2. The number of likely N-dealkylation sites (tertiary alicyclic amines) is 1. The average Bonchev–Trinajstić information content (AvgIpc) is 2.61. The van der Waals surface area contributed by atoms with Crippen molar-refractivity contribution in [2.45, 2.75) is 76.9 Å². The number of aliphatic hydroxyl groups excluding tert-OH is 1. The third-order valence-corrected chi connectivity index (χ3v) is 4.65. The van der Waals surface area contributed by atoms with Crippen molar-refractivity contribution in [1.82, 2.24) is 4.90 Å². The van der Waals surface area contributed by atoms with Crippen LogP contribution in [0, 0.1) is 5.92 Å². The van der Waals surface area contributed by atoms with Crippen LogP contribution in [0.15, 0.2) is 0 Å². The molecule has 1 atom stereocenters. The normalized spacial score (nSPS) is 28.6. The SMILES string of the molecule is CC1(C)CC(O)CN1C(=O)CCC1CCCCC1. The quantitative estimate of drug-likeness (QED) is 0.840. The van der Waals surface area contributed by atoms with E-state index in [1.165, 1.54) is 32.1 Å². The van der Waals surface area contributed by atoms with Crippen molar-refractivity contribution < 1.29 is 9.90 Å². The molecule has 0 bridgehead atoms. The second kappa shape index (κ2) is 5.60. The van der Waals surface area contributed by atoms with Crippen LogP contribution >= 0.6 is 0 Å². The van der Waals surface area contributed by atoms with Crippen LogP contribution in [0.1, 0.15) is 65.2 Å². The number of hydrogen-bond acceptors (Lipinski definition) is 2. The van der Waals surface area contributed by atoms with Gasteiger partial charge in [0.05, 0.1) is 6.10 Å². The molecule has 2 rings (SSSR count). The van der Waals surface area contributed by atoms with Gasteiger partial charge >= 0.3 is 0 Å². The fraction of sp³-hybridized carbons (Fsp3) is 0.933. The zero-order chi connectivity index (χ0) is 13.2. The molecule has 1 N–H and O–H groups in total. The Morgan fingerprint density at radius 2 is 1.94 bits per heavy atom. The zero-order valence-electron chi connectivity index (χ0n) is 11.8. The highest BCUT2D eigenvalue weighted by molar-refractivity contribution is 5.77. The van der Waals surface area contributed by atoms with E-state index in [9.17, 15) is 9.90 Å². The maximum Gasteiger partial charge on any atom is 0.223 e. The Hall–Kier alpha value is -0.570. The molecule has 0 aromatic carbocycles. The van der Waals surface area contributed by atoms with E-state index in [2.05, 4.69) is 13.8 Å². The third-order valence-electron chi connectivity index (χ3n) is 4.65. The molecule has 1 unspecified atom stereocenters. The minimum absolute atomic E-state index is 0.164. The number of aliphatic hydroxyl groups is 1. The Labute approximate surface area is 111 Å². The second-order valence-electron chi connectivity index (χ2n) is 6.72. The smallest absolute Gasteiger partial charge is 0.223 e. The average molecular weight is 253 g/mol. The van der Waals surface area contributed by atoms with Crippen LogP contribution in [0.3, 0.4) is 0 Å². The van der Waals surface area contributed by atoms with Crippen LogP contribution in [0.5, 0.6) is 0 Å².